The Balaban J connectivity index is 1.51. The summed E-state index contributed by atoms with van der Waals surface area (Å²) in [6.07, 6.45) is 8.83. The van der Waals surface area contributed by atoms with Gasteiger partial charge in [0.2, 0.25) is 0 Å². The topological polar surface area (TPSA) is 131 Å². The number of nitrogens with zero attached hydrogens (tertiary/aromatic N) is 6. The molecule has 0 bridgehead atoms. The van der Waals surface area contributed by atoms with E-state index in [4.69, 9.17) is 4.98 Å². The van der Waals surface area contributed by atoms with Crippen LogP contribution in [0.4, 0.5) is 5.69 Å². The van der Waals surface area contributed by atoms with E-state index in [-0.39, 0.29) is 10.6 Å². The summed E-state index contributed by atoms with van der Waals surface area (Å²) in [7, 11) is 0. The molecular weight excluding hydrogens is 384 g/mol. The van der Waals surface area contributed by atoms with E-state index in [1.165, 1.54) is 6.07 Å². The zero-order chi connectivity index (χ0) is 20.7. The van der Waals surface area contributed by atoms with Crippen molar-refractivity contribution in [2.45, 2.75) is 13.5 Å². The molecule has 0 aliphatic carbocycles. The van der Waals surface area contributed by atoms with Crippen LogP contribution in [0, 0.1) is 17.0 Å². The van der Waals surface area contributed by atoms with Crippen LogP contribution in [-0.2, 0) is 6.54 Å². The van der Waals surface area contributed by atoms with Crippen molar-refractivity contribution in [3.63, 3.8) is 0 Å². The van der Waals surface area contributed by atoms with Gasteiger partial charge < -0.3 is 4.98 Å². The maximum atomic E-state index is 11.3. The minimum Gasteiger partial charge on any atom is -0.344 e. The molecule has 0 radical (unpaired) electrons. The number of aryl methyl sites for hydroxylation is 1. The molecule has 0 amide bonds. The number of nitro groups is 1. The highest BCUT2D eigenvalue weighted by atomic mass is 16.6. The number of H-pyrrole nitrogens is 2. The van der Waals surface area contributed by atoms with E-state index in [9.17, 15) is 10.1 Å². The van der Waals surface area contributed by atoms with Gasteiger partial charge in [0.25, 0.3) is 5.69 Å². The molecule has 0 atom stereocenters. The van der Waals surface area contributed by atoms with Crippen molar-refractivity contribution in [3.8, 4) is 22.4 Å². The fraction of sp³-hybridized carbons (Fsp3) is 0.100. The van der Waals surface area contributed by atoms with Crippen LogP contribution in [0.5, 0.6) is 0 Å². The average Bonchev–Trinajstić information content (AvgIpc) is 3.47. The Morgan fingerprint density at radius 1 is 1.17 bits per heavy atom. The van der Waals surface area contributed by atoms with Gasteiger partial charge in [-0.2, -0.15) is 10.2 Å². The second-order valence-electron chi connectivity index (χ2n) is 6.88. The van der Waals surface area contributed by atoms with Gasteiger partial charge >= 0.3 is 0 Å². The molecular formula is C20H16N8O2. The van der Waals surface area contributed by atoms with E-state index < -0.39 is 0 Å². The van der Waals surface area contributed by atoms with Crippen molar-refractivity contribution >= 4 is 16.9 Å². The fourth-order valence-corrected chi connectivity index (χ4v) is 3.44. The minimum absolute atomic E-state index is 0.0765. The smallest absolute Gasteiger partial charge is 0.274 e. The number of aromatic amines is 2. The van der Waals surface area contributed by atoms with Crippen LogP contribution in [0.25, 0.3) is 33.5 Å². The highest BCUT2D eigenvalue weighted by Gasteiger charge is 2.16. The summed E-state index contributed by atoms with van der Waals surface area (Å²) in [4.78, 5) is 23.2. The molecule has 0 aliphatic heterocycles. The number of para-hydroxylation sites is 1. The summed E-state index contributed by atoms with van der Waals surface area (Å²) in [6.45, 7) is 2.23. The van der Waals surface area contributed by atoms with Crippen LogP contribution >= 0.6 is 0 Å². The Labute approximate surface area is 169 Å². The Bertz CT molecular complexity index is 1380. The number of aromatic nitrogens is 7. The number of hydrogen-bond acceptors (Lipinski definition) is 6. The number of benzene rings is 1. The van der Waals surface area contributed by atoms with Gasteiger partial charge in [0.15, 0.2) is 5.65 Å². The SMILES string of the molecule is Cc1[nH]ncc1-c1cnc2[nH]cc(-c3cnn(Cc4ccccc4[N+](=O)[O-])c3)c2n1. The van der Waals surface area contributed by atoms with Gasteiger partial charge in [0.1, 0.15) is 5.52 Å². The Kier molecular flexibility index (Phi) is 4.09. The van der Waals surface area contributed by atoms with Crippen molar-refractivity contribution in [2.75, 3.05) is 0 Å². The zero-order valence-electron chi connectivity index (χ0n) is 15.9. The zero-order valence-corrected chi connectivity index (χ0v) is 15.9. The fourth-order valence-electron chi connectivity index (χ4n) is 3.44. The van der Waals surface area contributed by atoms with E-state index in [1.54, 1.807) is 41.5 Å². The normalized spacial score (nSPS) is 11.2. The summed E-state index contributed by atoms with van der Waals surface area (Å²) >= 11 is 0. The van der Waals surface area contributed by atoms with Gasteiger partial charge in [0.05, 0.1) is 41.3 Å². The monoisotopic (exact) mass is 400 g/mol. The summed E-state index contributed by atoms with van der Waals surface area (Å²) in [6, 6.07) is 6.66. The maximum absolute atomic E-state index is 11.3. The van der Waals surface area contributed by atoms with E-state index in [0.717, 1.165) is 33.6 Å². The van der Waals surface area contributed by atoms with Gasteiger partial charge in [0, 0.05) is 40.8 Å². The van der Waals surface area contributed by atoms with Crippen LogP contribution in [0.15, 0.2) is 55.2 Å². The van der Waals surface area contributed by atoms with Crippen molar-refractivity contribution in [3.05, 3.63) is 76.6 Å². The summed E-state index contributed by atoms with van der Waals surface area (Å²) < 4.78 is 1.67. The van der Waals surface area contributed by atoms with Crippen LogP contribution in [0.3, 0.4) is 0 Å². The van der Waals surface area contributed by atoms with E-state index in [1.807, 2.05) is 19.3 Å². The lowest BCUT2D eigenvalue weighted by Gasteiger charge is -2.03. The molecule has 10 nitrogen and oxygen atoms in total. The minimum atomic E-state index is -0.381. The Hall–Kier alpha value is -4.34. The lowest BCUT2D eigenvalue weighted by atomic mass is 10.1. The first-order valence-electron chi connectivity index (χ1n) is 9.20. The molecule has 5 aromatic rings. The third-order valence-corrected chi connectivity index (χ3v) is 4.95. The van der Waals surface area contributed by atoms with E-state index in [2.05, 4.69) is 25.3 Å². The Morgan fingerprint density at radius 2 is 2.03 bits per heavy atom. The van der Waals surface area contributed by atoms with Gasteiger partial charge in [-0.25, -0.2) is 9.97 Å². The van der Waals surface area contributed by atoms with Crippen LogP contribution in [0.1, 0.15) is 11.3 Å². The third kappa shape index (κ3) is 3.00. The molecule has 0 fully saturated rings. The lowest BCUT2D eigenvalue weighted by molar-refractivity contribution is -0.385. The molecule has 10 heteroatoms. The van der Waals surface area contributed by atoms with Gasteiger partial charge in [-0.3, -0.25) is 19.9 Å². The van der Waals surface area contributed by atoms with E-state index in [0.29, 0.717) is 17.8 Å². The first-order valence-corrected chi connectivity index (χ1v) is 9.20. The third-order valence-electron chi connectivity index (χ3n) is 4.95. The van der Waals surface area contributed by atoms with Crippen molar-refractivity contribution in [1.82, 2.24) is 34.9 Å². The molecule has 4 aromatic heterocycles. The molecule has 0 unspecified atom stereocenters. The number of hydrogen-bond donors (Lipinski definition) is 2. The van der Waals surface area contributed by atoms with Gasteiger partial charge in [-0.1, -0.05) is 18.2 Å². The number of fused-ring (bicyclic) bond motifs is 1. The standard InChI is InChI=1S/C20H16N8O2/c1-12-15(8-23-26-12)17-9-22-20-19(25-17)16(7-21-20)14-6-24-27(11-14)10-13-4-2-3-5-18(13)28(29)30/h2-9,11H,10H2,1H3,(H,21,22)(H,23,26). The first-order chi connectivity index (χ1) is 14.6. The van der Waals surface area contributed by atoms with Crippen molar-refractivity contribution < 1.29 is 4.92 Å². The molecule has 4 heterocycles. The van der Waals surface area contributed by atoms with Crippen molar-refractivity contribution in [1.29, 1.82) is 0 Å². The van der Waals surface area contributed by atoms with Gasteiger partial charge in [-0.15, -0.1) is 0 Å². The molecule has 0 spiro atoms. The lowest BCUT2D eigenvalue weighted by Crippen LogP contribution is -2.03. The van der Waals surface area contributed by atoms with Crippen LogP contribution in [0.2, 0.25) is 0 Å². The first kappa shape index (κ1) is 17.7. The molecule has 0 saturated heterocycles. The second kappa shape index (κ2) is 6.92. The molecule has 5 rings (SSSR count). The predicted molar refractivity (Wildman–Crippen MR) is 110 cm³/mol. The van der Waals surface area contributed by atoms with Crippen molar-refractivity contribution in [2.24, 2.45) is 0 Å². The molecule has 30 heavy (non-hydrogen) atoms. The molecule has 0 saturated carbocycles. The van der Waals surface area contributed by atoms with Crippen LogP contribution < -0.4 is 0 Å². The Morgan fingerprint density at radius 3 is 2.83 bits per heavy atom. The average molecular weight is 400 g/mol. The summed E-state index contributed by atoms with van der Waals surface area (Å²) in [5, 5.41) is 22.6. The highest BCUT2D eigenvalue weighted by Crippen LogP contribution is 2.29. The molecule has 1 aromatic carbocycles. The van der Waals surface area contributed by atoms with E-state index >= 15 is 0 Å². The highest BCUT2D eigenvalue weighted by molar-refractivity contribution is 5.91. The number of nitro benzene ring substituents is 1. The molecule has 2 N–H and O–H groups in total. The number of nitrogens with one attached hydrogen (secondary N) is 2. The number of rotatable bonds is 5. The predicted octanol–water partition coefficient (Wildman–Crippen LogP) is 3.48. The largest absolute Gasteiger partial charge is 0.344 e. The van der Waals surface area contributed by atoms with Crippen LogP contribution in [-0.4, -0.2) is 39.9 Å². The summed E-state index contributed by atoms with van der Waals surface area (Å²) in [5.41, 5.74) is 6.29. The maximum Gasteiger partial charge on any atom is 0.274 e. The summed E-state index contributed by atoms with van der Waals surface area (Å²) in [5.74, 6) is 0. The second-order valence-corrected chi connectivity index (χ2v) is 6.88. The quantitative estimate of drug-likeness (QED) is 0.343. The molecule has 0 aliphatic rings. The van der Waals surface area contributed by atoms with Gasteiger partial charge in [-0.05, 0) is 6.92 Å². The molecule has 148 valence electrons.